The smallest absolute Gasteiger partial charge is 0.248 e. The number of hydrogen-bond donors (Lipinski definition) is 0. The molecule has 2 saturated heterocycles. The van der Waals surface area contributed by atoms with Crippen molar-refractivity contribution in [1.29, 1.82) is 0 Å². The van der Waals surface area contributed by atoms with Gasteiger partial charge < -0.3 is 14.3 Å². The first kappa shape index (κ1) is 25.2. The molecule has 1 aromatic rings. The molecule has 2 amide bonds. The Morgan fingerprint density at radius 2 is 1.62 bits per heavy atom. The molecule has 190 valence electrons. The van der Waals surface area contributed by atoms with E-state index in [1.54, 1.807) is 13.8 Å². The van der Waals surface area contributed by atoms with Crippen LogP contribution in [0.1, 0.15) is 69.2 Å². The highest BCUT2D eigenvalue weighted by atomic mass is 32.2. The lowest BCUT2D eigenvalue weighted by Crippen LogP contribution is -2.54. The van der Waals surface area contributed by atoms with E-state index < -0.39 is 10.0 Å². The van der Waals surface area contributed by atoms with Crippen LogP contribution in [-0.2, 0) is 19.6 Å². The topological polar surface area (TPSA) is 104 Å². The van der Waals surface area contributed by atoms with Crippen molar-refractivity contribution in [3.05, 3.63) is 11.5 Å². The number of carbonyl (C=O) groups excluding carboxylic acids is 2. The number of hydrogen-bond acceptors (Lipinski definition) is 6. The van der Waals surface area contributed by atoms with Gasteiger partial charge in [-0.25, -0.2) is 8.42 Å². The minimum absolute atomic E-state index is 0.00651. The Labute approximate surface area is 202 Å². The van der Waals surface area contributed by atoms with E-state index in [1.807, 2.05) is 9.80 Å². The first-order valence-corrected chi connectivity index (χ1v) is 14.2. The fourth-order valence-electron chi connectivity index (χ4n) is 5.73. The first-order chi connectivity index (χ1) is 16.3. The zero-order chi connectivity index (χ0) is 24.3. The van der Waals surface area contributed by atoms with Gasteiger partial charge in [0.2, 0.25) is 21.8 Å². The highest BCUT2D eigenvalue weighted by molar-refractivity contribution is 7.89. The Kier molecular flexibility index (Phi) is 7.97. The second kappa shape index (κ2) is 10.8. The number of piperazine rings is 1. The van der Waals surface area contributed by atoms with Gasteiger partial charge >= 0.3 is 0 Å². The molecule has 1 saturated carbocycles. The van der Waals surface area contributed by atoms with Crippen LogP contribution in [0.4, 0.5) is 0 Å². The fourth-order valence-corrected chi connectivity index (χ4v) is 7.55. The van der Waals surface area contributed by atoms with Crippen LogP contribution < -0.4 is 0 Å². The van der Waals surface area contributed by atoms with Gasteiger partial charge in [0.25, 0.3) is 0 Å². The second-order valence-corrected chi connectivity index (χ2v) is 12.0. The molecule has 34 heavy (non-hydrogen) atoms. The summed E-state index contributed by atoms with van der Waals surface area (Å²) in [7, 11) is -3.76. The third-order valence-electron chi connectivity index (χ3n) is 7.73. The lowest BCUT2D eigenvalue weighted by atomic mass is 9.86. The normalized spacial score (nSPS) is 23.3. The van der Waals surface area contributed by atoms with Crippen LogP contribution in [0.2, 0.25) is 0 Å². The molecule has 0 radical (unpaired) electrons. The molecule has 2 aliphatic heterocycles. The second-order valence-electron chi connectivity index (χ2n) is 10.1. The summed E-state index contributed by atoms with van der Waals surface area (Å²) in [6.45, 7) is 5.92. The Morgan fingerprint density at radius 3 is 2.26 bits per heavy atom. The van der Waals surface area contributed by atoms with Crippen molar-refractivity contribution in [2.45, 2.75) is 76.5 Å². The SMILES string of the molecule is Cc1noc(C)c1S(=O)(=O)N1CCCC(C(=O)N2CCN(C(=O)CCC3CCCCC3)CC2)C1. The maximum Gasteiger partial charge on any atom is 0.248 e. The largest absolute Gasteiger partial charge is 0.360 e. The predicted molar refractivity (Wildman–Crippen MR) is 126 cm³/mol. The van der Waals surface area contributed by atoms with Crippen molar-refractivity contribution in [1.82, 2.24) is 19.3 Å². The highest BCUT2D eigenvalue weighted by Gasteiger charge is 2.38. The average molecular weight is 495 g/mol. The molecule has 0 bridgehead atoms. The molecule has 1 unspecified atom stereocenters. The first-order valence-electron chi connectivity index (χ1n) is 12.8. The maximum atomic E-state index is 13.2. The van der Waals surface area contributed by atoms with E-state index in [4.69, 9.17) is 4.52 Å². The highest BCUT2D eigenvalue weighted by Crippen LogP contribution is 2.29. The lowest BCUT2D eigenvalue weighted by Gasteiger charge is -2.38. The summed E-state index contributed by atoms with van der Waals surface area (Å²) in [4.78, 5) is 29.7. The predicted octanol–water partition coefficient (Wildman–Crippen LogP) is 2.72. The van der Waals surface area contributed by atoms with Gasteiger partial charge in [-0.2, -0.15) is 4.31 Å². The van der Waals surface area contributed by atoms with Gasteiger partial charge in [-0.3, -0.25) is 9.59 Å². The molecule has 3 fully saturated rings. The van der Waals surface area contributed by atoms with E-state index in [0.29, 0.717) is 63.6 Å². The molecule has 9 nitrogen and oxygen atoms in total. The summed E-state index contributed by atoms with van der Waals surface area (Å²) < 4.78 is 32.8. The Morgan fingerprint density at radius 1 is 0.941 bits per heavy atom. The molecule has 3 heterocycles. The molecule has 0 aromatic carbocycles. The summed E-state index contributed by atoms with van der Waals surface area (Å²) in [6, 6.07) is 0. The van der Waals surface area contributed by atoms with Crippen LogP contribution in [0.3, 0.4) is 0 Å². The van der Waals surface area contributed by atoms with Crippen LogP contribution in [0.25, 0.3) is 0 Å². The Hall–Kier alpha value is -1.94. The number of sulfonamides is 1. The van der Waals surface area contributed by atoms with Gasteiger partial charge in [-0.1, -0.05) is 37.3 Å². The van der Waals surface area contributed by atoms with E-state index in [9.17, 15) is 18.0 Å². The molecule has 0 spiro atoms. The molecular weight excluding hydrogens is 456 g/mol. The number of rotatable bonds is 6. The average Bonchev–Trinajstić information content (AvgIpc) is 3.21. The summed E-state index contributed by atoms with van der Waals surface area (Å²) >= 11 is 0. The fraction of sp³-hybridized carbons (Fsp3) is 0.792. The van der Waals surface area contributed by atoms with Gasteiger partial charge in [0, 0.05) is 45.7 Å². The van der Waals surface area contributed by atoms with Crippen molar-refractivity contribution < 1.29 is 22.5 Å². The molecule has 1 aliphatic carbocycles. The minimum Gasteiger partial charge on any atom is -0.360 e. The lowest BCUT2D eigenvalue weighted by molar-refractivity contribution is -0.143. The zero-order valence-corrected chi connectivity index (χ0v) is 21.3. The summed E-state index contributed by atoms with van der Waals surface area (Å²) in [5, 5.41) is 3.78. The van der Waals surface area contributed by atoms with Crippen molar-refractivity contribution >= 4 is 21.8 Å². The van der Waals surface area contributed by atoms with Crippen LogP contribution in [0.15, 0.2) is 9.42 Å². The number of piperidine rings is 1. The quantitative estimate of drug-likeness (QED) is 0.602. The monoisotopic (exact) mass is 494 g/mol. The Balaban J connectivity index is 1.28. The maximum absolute atomic E-state index is 13.2. The molecular formula is C24H38N4O5S. The van der Waals surface area contributed by atoms with Crippen LogP contribution in [-0.4, -0.2) is 78.8 Å². The van der Waals surface area contributed by atoms with Gasteiger partial charge in [-0.05, 0) is 39.0 Å². The van der Waals surface area contributed by atoms with E-state index in [-0.39, 0.29) is 34.9 Å². The number of aromatic nitrogens is 1. The van der Waals surface area contributed by atoms with Crippen molar-refractivity contribution in [3.8, 4) is 0 Å². The zero-order valence-electron chi connectivity index (χ0n) is 20.5. The van der Waals surface area contributed by atoms with Gasteiger partial charge in [0.1, 0.15) is 10.6 Å². The molecule has 1 aromatic heterocycles. The number of aryl methyl sites for hydroxylation is 2. The molecule has 0 N–H and O–H groups in total. The van der Waals surface area contributed by atoms with Crippen LogP contribution in [0.5, 0.6) is 0 Å². The Bertz CT molecular complexity index is 958. The van der Waals surface area contributed by atoms with Gasteiger partial charge in [-0.15, -0.1) is 0 Å². The van der Waals surface area contributed by atoms with Crippen LogP contribution >= 0.6 is 0 Å². The molecule has 10 heteroatoms. The van der Waals surface area contributed by atoms with E-state index in [2.05, 4.69) is 5.16 Å². The number of carbonyl (C=O) groups is 2. The summed E-state index contributed by atoms with van der Waals surface area (Å²) in [6.07, 6.45) is 9.30. The van der Waals surface area contributed by atoms with Gasteiger partial charge in [0.15, 0.2) is 5.76 Å². The summed E-state index contributed by atoms with van der Waals surface area (Å²) in [5.74, 6) is 0.796. The van der Waals surface area contributed by atoms with E-state index >= 15 is 0 Å². The molecule has 4 rings (SSSR count). The van der Waals surface area contributed by atoms with Crippen molar-refractivity contribution in [2.24, 2.45) is 11.8 Å². The van der Waals surface area contributed by atoms with Gasteiger partial charge in [0.05, 0.1) is 5.92 Å². The summed E-state index contributed by atoms with van der Waals surface area (Å²) in [5.41, 5.74) is 0.343. The van der Waals surface area contributed by atoms with Crippen molar-refractivity contribution in [3.63, 3.8) is 0 Å². The standard InChI is InChI=1S/C24H38N4O5S/c1-18-23(19(2)33-25-18)34(31,32)28-12-6-9-21(17-28)24(30)27-15-13-26(14-16-27)22(29)11-10-20-7-4-3-5-8-20/h20-21H,3-17H2,1-2H3. The van der Waals surface area contributed by atoms with Crippen molar-refractivity contribution in [2.75, 3.05) is 39.3 Å². The number of nitrogens with zero attached hydrogens (tertiary/aromatic N) is 4. The van der Waals surface area contributed by atoms with E-state index in [0.717, 1.165) is 6.42 Å². The third-order valence-corrected chi connectivity index (χ3v) is 9.84. The third kappa shape index (κ3) is 5.48. The molecule has 3 aliphatic rings. The van der Waals surface area contributed by atoms with Crippen LogP contribution in [0, 0.1) is 25.7 Å². The number of amides is 2. The van der Waals surface area contributed by atoms with E-state index in [1.165, 1.54) is 36.4 Å². The minimum atomic E-state index is -3.76. The molecule has 1 atom stereocenters.